The van der Waals surface area contributed by atoms with Gasteiger partial charge in [-0.15, -0.1) is 0 Å². The minimum absolute atomic E-state index is 0.0388. The SMILES string of the molecule is NCCCCCN1CCN(CC(=O)NCC(F)(F)F)CC1. The number of hydrogen-bond donors (Lipinski definition) is 2. The first-order valence-electron chi connectivity index (χ1n) is 7.39. The maximum atomic E-state index is 12.0. The highest BCUT2D eigenvalue weighted by atomic mass is 19.4. The molecule has 0 bridgehead atoms. The quantitative estimate of drug-likeness (QED) is 0.638. The number of carbonyl (C=O) groups excluding carboxylic acids is 1. The van der Waals surface area contributed by atoms with E-state index in [0.717, 1.165) is 58.5 Å². The number of unbranched alkanes of at least 4 members (excludes halogenated alkanes) is 2. The molecule has 5 nitrogen and oxygen atoms in total. The van der Waals surface area contributed by atoms with Crippen molar-refractivity contribution < 1.29 is 18.0 Å². The molecule has 3 N–H and O–H groups in total. The maximum absolute atomic E-state index is 12.0. The Hall–Kier alpha value is -0.860. The fraction of sp³-hybridized carbons (Fsp3) is 0.923. The number of nitrogens with two attached hydrogens (primary N) is 1. The molecule has 1 fully saturated rings. The molecule has 1 aliphatic rings. The molecular weight excluding hydrogens is 285 g/mol. The van der Waals surface area contributed by atoms with Crippen molar-refractivity contribution in [3.05, 3.63) is 0 Å². The zero-order valence-corrected chi connectivity index (χ0v) is 12.3. The van der Waals surface area contributed by atoms with E-state index in [2.05, 4.69) is 4.90 Å². The Morgan fingerprint density at radius 2 is 1.67 bits per heavy atom. The van der Waals surface area contributed by atoms with Crippen molar-refractivity contribution in [3.8, 4) is 0 Å². The van der Waals surface area contributed by atoms with Gasteiger partial charge in [-0.25, -0.2) is 0 Å². The van der Waals surface area contributed by atoms with E-state index in [1.165, 1.54) is 0 Å². The van der Waals surface area contributed by atoms with E-state index in [0.29, 0.717) is 0 Å². The first kappa shape index (κ1) is 18.2. The number of nitrogens with one attached hydrogen (secondary N) is 1. The number of halogens is 3. The smallest absolute Gasteiger partial charge is 0.346 e. The van der Waals surface area contributed by atoms with Gasteiger partial charge in [-0.2, -0.15) is 13.2 Å². The van der Waals surface area contributed by atoms with Crippen molar-refractivity contribution in [1.82, 2.24) is 15.1 Å². The largest absolute Gasteiger partial charge is 0.405 e. The lowest BCUT2D eigenvalue weighted by atomic mass is 10.2. The summed E-state index contributed by atoms with van der Waals surface area (Å²) in [6.45, 7) is 3.68. The highest BCUT2D eigenvalue weighted by molar-refractivity contribution is 5.78. The van der Waals surface area contributed by atoms with Crippen LogP contribution in [0, 0.1) is 0 Å². The molecule has 1 rings (SSSR count). The van der Waals surface area contributed by atoms with Gasteiger partial charge in [-0.1, -0.05) is 6.42 Å². The van der Waals surface area contributed by atoms with E-state index < -0.39 is 18.6 Å². The van der Waals surface area contributed by atoms with Crippen molar-refractivity contribution in [3.63, 3.8) is 0 Å². The van der Waals surface area contributed by atoms with Crippen LogP contribution in [-0.4, -0.2) is 74.2 Å². The number of piperazine rings is 1. The average Bonchev–Trinajstić information content (AvgIpc) is 2.42. The van der Waals surface area contributed by atoms with Crippen LogP contribution in [0.3, 0.4) is 0 Å². The standard InChI is InChI=1S/C13H25F3N4O/c14-13(15,16)11-18-12(21)10-20-8-6-19(7-9-20)5-3-1-2-4-17/h1-11,17H2,(H,18,21). The molecule has 0 aromatic rings. The Kier molecular flexibility index (Phi) is 7.98. The molecule has 0 atom stereocenters. The minimum Gasteiger partial charge on any atom is -0.346 e. The highest BCUT2D eigenvalue weighted by Gasteiger charge is 2.28. The van der Waals surface area contributed by atoms with Crippen LogP contribution in [0.25, 0.3) is 0 Å². The number of nitrogens with zero attached hydrogens (tertiary/aromatic N) is 2. The third kappa shape index (κ3) is 8.90. The maximum Gasteiger partial charge on any atom is 0.405 e. The summed E-state index contributed by atoms with van der Waals surface area (Å²) in [5, 5.41) is 1.90. The van der Waals surface area contributed by atoms with Crippen LogP contribution >= 0.6 is 0 Å². The average molecular weight is 310 g/mol. The lowest BCUT2D eigenvalue weighted by Gasteiger charge is -2.34. The number of rotatable bonds is 8. The topological polar surface area (TPSA) is 61.6 Å². The molecule has 8 heteroatoms. The molecule has 0 radical (unpaired) electrons. The molecule has 1 amide bonds. The van der Waals surface area contributed by atoms with Gasteiger partial charge in [0, 0.05) is 26.2 Å². The predicted molar refractivity (Wildman–Crippen MR) is 74.9 cm³/mol. The predicted octanol–water partition coefficient (Wildman–Crippen LogP) is 0.412. The van der Waals surface area contributed by atoms with E-state index >= 15 is 0 Å². The zero-order chi connectivity index (χ0) is 15.7. The van der Waals surface area contributed by atoms with Crippen molar-refractivity contribution in [2.75, 3.05) is 52.4 Å². The number of alkyl halides is 3. The summed E-state index contributed by atoms with van der Waals surface area (Å²) in [6, 6.07) is 0. The van der Waals surface area contributed by atoms with Crippen LogP contribution in [0.4, 0.5) is 13.2 Å². The Morgan fingerprint density at radius 1 is 1.05 bits per heavy atom. The number of hydrogen-bond acceptors (Lipinski definition) is 4. The summed E-state index contributed by atoms with van der Waals surface area (Å²) in [5.41, 5.74) is 5.44. The zero-order valence-electron chi connectivity index (χ0n) is 12.3. The first-order valence-corrected chi connectivity index (χ1v) is 7.39. The molecular formula is C13H25F3N4O. The van der Waals surface area contributed by atoms with E-state index in [9.17, 15) is 18.0 Å². The Morgan fingerprint density at radius 3 is 2.24 bits per heavy atom. The van der Waals surface area contributed by atoms with Gasteiger partial charge in [0.15, 0.2) is 0 Å². The van der Waals surface area contributed by atoms with Crippen molar-refractivity contribution >= 4 is 5.91 Å². The first-order chi connectivity index (χ1) is 9.90. The Balaban J connectivity index is 2.11. The Labute approximate surface area is 123 Å². The molecule has 1 heterocycles. The van der Waals surface area contributed by atoms with E-state index in [-0.39, 0.29) is 6.54 Å². The molecule has 1 saturated heterocycles. The van der Waals surface area contributed by atoms with Gasteiger partial charge in [0.1, 0.15) is 6.54 Å². The number of carbonyl (C=O) groups is 1. The van der Waals surface area contributed by atoms with Gasteiger partial charge in [-0.3, -0.25) is 9.69 Å². The highest BCUT2D eigenvalue weighted by Crippen LogP contribution is 2.12. The van der Waals surface area contributed by atoms with Gasteiger partial charge in [0.2, 0.25) is 5.91 Å². The van der Waals surface area contributed by atoms with Gasteiger partial charge >= 0.3 is 6.18 Å². The third-order valence-electron chi connectivity index (χ3n) is 3.50. The summed E-state index contributed by atoms with van der Waals surface area (Å²) in [6.07, 6.45) is -1.07. The van der Waals surface area contributed by atoms with Gasteiger partial charge in [0.25, 0.3) is 0 Å². The molecule has 124 valence electrons. The molecule has 0 aliphatic carbocycles. The summed E-state index contributed by atoms with van der Waals surface area (Å²) in [7, 11) is 0. The lowest BCUT2D eigenvalue weighted by Crippen LogP contribution is -2.50. The van der Waals surface area contributed by atoms with E-state index in [4.69, 9.17) is 5.73 Å². The van der Waals surface area contributed by atoms with Crippen LogP contribution in [-0.2, 0) is 4.79 Å². The second kappa shape index (κ2) is 9.22. The van der Waals surface area contributed by atoms with Gasteiger partial charge in [-0.05, 0) is 25.9 Å². The normalized spacial score (nSPS) is 17.9. The van der Waals surface area contributed by atoms with E-state index in [1.807, 2.05) is 10.2 Å². The molecule has 0 saturated carbocycles. The second-order valence-corrected chi connectivity index (χ2v) is 5.36. The monoisotopic (exact) mass is 310 g/mol. The summed E-state index contributed by atoms with van der Waals surface area (Å²) in [5.74, 6) is -0.566. The van der Waals surface area contributed by atoms with Gasteiger partial charge in [0.05, 0.1) is 6.54 Å². The van der Waals surface area contributed by atoms with Crippen molar-refractivity contribution in [1.29, 1.82) is 0 Å². The molecule has 1 aliphatic heterocycles. The van der Waals surface area contributed by atoms with Crippen LogP contribution in [0.2, 0.25) is 0 Å². The summed E-state index contributed by atoms with van der Waals surface area (Å²) >= 11 is 0. The van der Waals surface area contributed by atoms with Crippen molar-refractivity contribution in [2.24, 2.45) is 5.73 Å². The summed E-state index contributed by atoms with van der Waals surface area (Å²) in [4.78, 5) is 15.6. The third-order valence-corrected chi connectivity index (χ3v) is 3.50. The van der Waals surface area contributed by atoms with Crippen LogP contribution in [0.5, 0.6) is 0 Å². The summed E-state index contributed by atoms with van der Waals surface area (Å²) < 4.78 is 35.9. The van der Waals surface area contributed by atoms with Crippen LogP contribution < -0.4 is 11.1 Å². The van der Waals surface area contributed by atoms with Crippen molar-refractivity contribution in [2.45, 2.75) is 25.4 Å². The molecule has 0 aromatic carbocycles. The van der Waals surface area contributed by atoms with Crippen LogP contribution in [0.1, 0.15) is 19.3 Å². The molecule has 0 spiro atoms. The second-order valence-electron chi connectivity index (χ2n) is 5.36. The molecule has 0 aromatic heterocycles. The van der Waals surface area contributed by atoms with E-state index in [1.54, 1.807) is 0 Å². The Bertz CT molecular complexity index is 304. The fourth-order valence-electron chi connectivity index (χ4n) is 2.29. The van der Waals surface area contributed by atoms with Crippen LogP contribution in [0.15, 0.2) is 0 Å². The fourth-order valence-corrected chi connectivity index (χ4v) is 2.29. The lowest BCUT2D eigenvalue weighted by molar-refractivity contribution is -0.139. The minimum atomic E-state index is -4.35. The molecule has 0 unspecified atom stereocenters. The van der Waals surface area contributed by atoms with Gasteiger partial charge < -0.3 is 16.0 Å². The molecule has 21 heavy (non-hydrogen) atoms. The number of amides is 1.